The van der Waals surface area contributed by atoms with Gasteiger partial charge in [0.1, 0.15) is 6.04 Å². The van der Waals surface area contributed by atoms with Crippen molar-refractivity contribution in [2.75, 3.05) is 5.32 Å². The molecule has 0 aliphatic heterocycles. The van der Waals surface area contributed by atoms with Crippen LogP contribution in [0.3, 0.4) is 0 Å². The predicted molar refractivity (Wildman–Crippen MR) is 93.0 cm³/mol. The molecule has 0 spiro atoms. The molecule has 114 valence electrons. The van der Waals surface area contributed by atoms with Gasteiger partial charge in [-0.05, 0) is 28.5 Å². The Morgan fingerprint density at radius 2 is 1.36 bits per heavy atom. The molecule has 2 nitrogen and oxygen atoms in total. The molecular weight excluding hydrogens is 268 g/mol. The highest BCUT2D eigenvalue weighted by Gasteiger charge is 2.18. The summed E-state index contributed by atoms with van der Waals surface area (Å²) in [6.45, 7) is 8.76. The molecule has 1 N–H and O–H groups in total. The first-order valence-corrected chi connectivity index (χ1v) is 7.88. The topological polar surface area (TPSA) is 35.8 Å². The number of rotatable bonds is 5. The fraction of sp³-hybridized carbons (Fsp3) is 0.350. The average Bonchev–Trinajstić information content (AvgIpc) is 2.52. The molecule has 2 rings (SSSR count). The van der Waals surface area contributed by atoms with Crippen LogP contribution in [0.25, 0.3) is 0 Å². The molecule has 0 saturated carbocycles. The van der Waals surface area contributed by atoms with E-state index >= 15 is 0 Å². The van der Waals surface area contributed by atoms with Gasteiger partial charge in [0.25, 0.3) is 0 Å². The zero-order valence-electron chi connectivity index (χ0n) is 13.8. The second kappa shape index (κ2) is 7.13. The summed E-state index contributed by atoms with van der Waals surface area (Å²) in [4.78, 5) is 0. The molecule has 0 fully saturated rings. The Labute approximate surface area is 133 Å². The van der Waals surface area contributed by atoms with E-state index in [0.29, 0.717) is 11.8 Å². The Hall–Kier alpha value is -2.27. The van der Waals surface area contributed by atoms with Gasteiger partial charge in [0, 0.05) is 5.69 Å². The van der Waals surface area contributed by atoms with Crippen LogP contribution in [0, 0.1) is 11.3 Å². The largest absolute Gasteiger partial charge is 0.366 e. The van der Waals surface area contributed by atoms with E-state index in [4.69, 9.17) is 0 Å². The van der Waals surface area contributed by atoms with Gasteiger partial charge in [-0.2, -0.15) is 5.26 Å². The Bertz CT molecular complexity index is 625. The number of nitrogens with zero attached hydrogens (tertiary/aromatic N) is 1. The minimum Gasteiger partial charge on any atom is -0.366 e. The van der Waals surface area contributed by atoms with Crippen LogP contribution in [-0.4, -0.2) is 0 Å². The molecule has 0 aromatic heterocycles. The molecule has 0 radical (unpaired) electrons. The predicted octanol–water partition coefficient (Wildman–Crippen LogP) is 5.61. The van der Waals surface area contributed by atoms with Gasteiger partial charge < -0.3 is 5.32 Å². The molecule has 0 bridgehead atoms. The van der Waals surface area contributed by atoms with Crippen molar-refractivity contribution in [1.82, 2.24) is 0 Å². The molecule has 1 unspecified atom stereocenters. The Morgan fingerprint density at radius 3 is 1.82 bits per heavy atom. The van der Waals surface area contributed by atoms with Crippen LogP contribution in [0.5, 0.6) is 0 Å². The van der Waals surface area contributed by atoms with Crippen LogP contribution < -0.4 is 5.32 Å². The summed E-state index contributed by atoms with van der Waals surface area (Å²) in [5, 5.41) is 13.1. The lowest BCUT2D eigenvalue weighted by Gasteiger charge is -2.23. The summed E-state index contributed by atoms with van der Waals surface area (Å²) in [5.41, 5.74) is 4.64. The highest BCUT2D eigenvalue weighted by Crippen LogP contribution is 2.34. The van der Waals surface area contributed by atoms with E-state index in [1.54, 1.807) is 0 Å². The number of nitrogens with one attached hydrogen (secondary N) is 1. The highest BCUT2D eigenvalue weighted by atomic mass is 14.9. The molecule has 0 aliphatic rings. The maximum atomic E-state index is 9.59. The molecule has 0 amide bonds. The molecule has 22 heavy (non-hydrogen) atoms. The van der Waals surface area contributed by atoms with E-state index in [0.717, 1.165) is 11.3 Å². The van der Waals surface area contributed by atoms with Gasteiger partial charge >= 0.3 is 0 Å². The summed E-state index contributed by atoms with van der Waals surface area (Å²) >= 11 is 0. The smallest absolute Gasteiger partial charge is 0.140 e. The van der Waals surface area contributed by atoms with E-state index in [1.807, 2.05) is 30.3 Å². The number of nitriles is 1. The van der Waals surface area contributed by atoms with Gasteiger partial charge in [0.2, 0.25) is 0 Å². The van der Waals surface area contributed by atoms with Crippen LogP contribution in [0.4, 0.5) is 5.69 Å². The monoisotopic (exact) mass is 292 g/mol. The first-order valence-electron chi connectivity index (χ1n) is 7.88. The summed E-state index contributed by atoms with van der Waals surface area (Å²) in [6, 6.07) is 18.4. The molecule has 0 saturated heterocycles. The van der Waals surface area contributed by atoms with E-state index in [1.165, 1.54) is 11.1 Å². The van der Waals surface area contributed by atoms with Gasteiger partial charge in [-0.15, -0.1) is 0 Å². The SMILES string of the molecule is CC(C)c1cccc(C(C)C)c1NC(C#N)c1ccccc1. The van der Waals surface area contributed by atoms with Crippen molar-refractivity contribution in [2.24, 2.45) is 0 Å². The van der Waals surface area contributed by atoms with Crippen molar-refractivity contribution >= 4 is 5.69 Å². The van der Waals surface area contributed by atoms with Gasteiger partial charge in [0.05, 0.1) is 6.07 Å². The number of anilines is 1. The van der Waals surface area contributed by atoms with Crippen LogP contribution in [0.15, 0.2) is 48.5 Å². The van der Waals surface area contributed by atoms with Crippen LogP contribution in [-0.2, 0) is 0 Å². The molecule has 0 aliphatic carbocycles. The summed E-state index contributed by atoms with van der Waals surface area (Å²) in [7, 11) is 0. The van der Waals surface area contributed by atoms with Crippen molar-refractivity contribution in [3.05, 3.63) is 65.2 Å². The minimum atomic E-state index is -0.335. The fourth-order valence-electron chi connectivity index (χ4n) is 2.70. The lowest BCUT2D eigenvalue weighted by atomic mass is 9.92. The van der Waals surface area contributed by atoms with E-state index < -0.39 is 0 Å². The minimum absolute atomic E-state index is 0.335. The van der Waals surface area contributed by atoms with Crippen molar-refractivity contribution < 1.29 is 0 Å². The summed E-state index contributed by atoms with van der Waals surface area (Å²) < 4.78 is 0. The first-order chi connectivity index (χ1) is 10.5. The molecular formula is C20H24N2. The third-order valence-corrected chi connectivity index (χ3v) is 3.92. The second-order valence-corrected chi connectivity index (χ2v) is 6.24. The molecule has 2 heteroatoms. The van der Waals surface area contributed by atoms with Crippen molar-refractivity contribution in [1.29, 1.82) is 5.26 Å². The lowest BCUT2D eigenvalue weighted by Crippen LogP contribution is -2.13. The number of para-hydroxylation sites is 1. The summed E-state index contributed by atoms with van der Waals surface area (Å²) in [6.07, 6.45) is 0. The molecule has 2 aromatic carbocycles. The van der Waals surface area contributed by atoms with Gasteiger partial charge in [-0.1, -0.05) is 76.2 Å². The Morgan fingerprint density at radius 1 is 0.818 bits per heavy atom. The number of hydrogen-bond donors (Lipinski definition) is 1. The van der Waals surface area contributed by atoms with Crippen LogP contribution in [0.1, 0.15) is 62.3 Å². The van der Waals surface area contributed by atoms with Gasteiger partial charge in [-0.25, -0.2) is 0 Å². The highest BCUT2D eigenvalue weighted by molar-refractivity contribution is 5.62. The summed E-state index contributed by atoms with van der Waals surface area (Å²) in [5.74, 6) is 0.827. The Balaban J connectivity index is 2.45. The maximum absolute atomic E-state index is 9.59. The zero-order valence-corrected chi connectivity index (χ0v) is 13.8. The van der Waals surface area contributed by atoms with Crippen LogP contribution >= 0.6 is 0 Å². The second-order valence-electron chi connectivity index (χ2n) is 6.24. The third-order valence-electron chi connectivity index (χ3n) is 3.92. The third kappa shape index (κ3) is 3.49. The van der Waals surface area contributed by atoms with Gasteiger partial charge in [-0.3, -0.25) is 0 Å². The van der Waals surface area contributed by atoms with Crippen molar-refractivity contribution in [3.8, 4) is 6.07 Å². The zero-order chi connectivity index (χ0) is 16.1. The molecule has 2 aromatic rings. The van der Waals surface area contributed by atoms with Gasteiger partial charge in [0.15, 0.2) is 0 Å². The van der Waals surface area contributed by atoms with Crippen molar-refractivity contribution in [2.45, 2.75) is 45.6 Å². The number of benzene rings is 2. The number of hydrogen-bond acceptors (Lipinski definition) is 2. The fourth-order valence-corrected chi connectivity index (χ4v) is 2.70. The average molecular weight is 292 g/mol. The maximum Gasteiger partial charge on any atom is 0.140 e. The standard InChI is InChI=1S/C20H24N2/c1-14(2)17-11-8-12-18(15(3)4)20(17)22-19(13-21)16-9-6-5-7-10-16/h5-12,14-15,19,22H,1-4H3. The lowest BCUT2D eigenvalue weighted by molar-refractivity contribution is 0.827. The molecule has 0 heterocycles. The Kier molecular flexibility index (Phi) is 5.22. The van der Waals surface area contributed by atoms with Crippen molar-refractivity contribution in [3.63, 3.8) is 0 Å². The molecule has 1 atom stereocenters. The van der Waals surface area contributed by atoms with E-state index in [2.05, 4.69) is 57.3 Å². The quantitative estimate of drug-likeness (QED) is 0.777. The van der Waals surface area contributed by atoms with Crippen LogP contribution in [0.2, 0.25) is 0 Å². The first kappa shape index (κ1) is 16.1. The normalized spacial score (nSPS) is 12.2. The van der Waals surface area contributed by atoms with E-state index in [-0.39, 0.29) is 6.04 Å². The van der Waals surface area contributed by atoms with E-state index in [9.17, 15) is 5.26 Å².